The van der Waals surface area contributed by atoms with E-state index >= 15 is 0 Å². The van der Waals surface area contributed by atoms with Crippen molar-refractivity contribution in [3.05, 3.63) is 11.1 Å². The second-order valence-corrected chi connectivity index (χ2v) is 4.76. The van der Waals surface area contributed by atoms with Crippen LogP contribution in [0.4, 0.5) is 0 Å². The van der Waals surface area contributed by atoms with Gasteiger partial charge in [0.15, 0.2) is 0 Å². The molecule has 0 aliphatic carbocycles. The van der Waals surface area contributed by atoms with Gasteiger partial charge in [-0.2, -0.15) is 0 Å². The van der Waals surface area contributed by atoms with Crippen LogP contribution in [-0.2, 0) is 4.79 Å². The Morgan fingerprint density at radius 2 is 1.62 bits per heavy atom. The number of piperazine rings is 1. The molecule has 1 saturated heterocycles. The average Bonchev–Trinajstić information content (AvgIpc) is 2.28. The van der Waals surface area contributed by atoms with Crippen LogP contribution in [0, 0.1) is 0 Å². The molecule has 1 heterocycles. The first-order valence-corrected chi connectivity index (χ1v) is 6.22. The van der Waals surface area contributed by atoms with Crippen LogP contribution in [0.25, 0.3) is 0 Å². The maximum absolute atomic E-state index is 12.1. The minimum atomic E-state index is 0.219. The molecule has 3 nitrogen and oxygen atoms in total. The van der Waals surface area contributed by atoms with Crippen molar-refractivity contribution in [3.8, 4) is 0 Å². The summed E-state index contributed by atoms with van der Waals surface area (Å²) >= 11 is 0. The smallest absolute Gasteiger partial charge is 0.249 e. The summed E-state index contributed by atoms with van der Waals surface area (Å²) in [6.45, 7) is 13.1. The molecule has 92 valence electrons. The van der Waals surface area contributed by atoms with Gasteiger partial charge in [0.1, 0.15) is 0 Å². The summed E-state index contributed by atoms with van der Waals surface area (Å²) in [5, 5.41) is 0. The van der Waals surface area contributed by atoms with Gasteiger partial charge in [-0.25, -0.2) is 0 Å². The highest BCUT2D eigenvalue weighted by Gasteiger charge is 2.21. The average molecular weight is 224 g/mol. The number of carbonyl (C=O) groups excluding carboxylic acids is 1. The molecular formula is C13H24N2O. The molecule has 0 spiro atoms. The van der Waals surface area contributed by atoms with Crippen LogP contribution in [0.15, 0.2) is 11.1 Å². The lowest BCUT2D eigenvalue weighted by Crippen LogP contribution is -2.49. The van der Waals surface area contributed by atoms with Gasteiger partial charge in [-0.15, -0.1) is 0 Å². The highest BCUT2D eigenvalue weighted by molar-refractivity contribution is 5.93. The minimum absolute atomic E-state index is 0.219. The van der Waals surface area contributed by atoms with E-state index < -0.39 is 0 Å². The van der Waals surface area contributed by atoms with Crippen molar-refractivity contribution in [3.63, 3.8) is 0 Å². The Labute approximate surface area is 99.1 Å². The van der Waals surface area contributed by atoms with E-state index in [1.807, 2.05) is 25.7 Å². The van der Waals surface area contributed by atoms with Crippen LogP contribution >= 0.6 is 0 Å². The zero-order valence-corrected chi connectivity index (χ0v) is 11.0. The van der Waals surface area contributed by atoms with E-state index in [9.17, 15) is 4.79 Å². The first kappa shape index (κ1) is 13.2. The molecule has 0 aromatic carbocycles. The fourth-order valence-electron chi connectivity index (χ4n) is 1.94. The second-order valence-electron chi connectivity index (χ2n) is 4.76. The molecule has 0 radical (unpaired) electrons. The van der Waals surface area contributed by atoms with Crippen LogP contribution < -0.4 is 0 Å². The van der Waals surface area contributed by atoms with Crippen LogP contribution in [0.3, 0.4) is 0 Å². The van der Waals surface area contributed by atoms with Gasteiger partial charge in [0, 0.05) is 31.8 Å². The van der Waals surface area contributed by atoms with Crippen LogP contribution in [0.5, 0.6) is 0 Å². The molecule has 1 rings (SSSR count). The summed E-state index contributed by atoms with van der Waals surface area (Å²) in [5.41, 5.74) is 2.03. The third-order valence-electron chi connectivity index (χ3n) is 3.27. The van der Waals surface area contributed by atoms with Crippen molar-refractivity contribution in [1.82, 2.24) is 9.80 Å². The van der Waals surface area contributed by atoms with Crippen molar-refractivity contribution in [2.75, 3.05) is 32.7 Å². The van der Waals surface area contributed by atoms with E-state index in [4.69, 9.17) is 0 Å². The number of rotatable bonds is 3. The number of carbonyl (C=O) groups is 1. The molecule has 0 aromatic rings. The summed E-state index contributed by atoms with van der Waals surface area (Å²) in [5.74, 6) is 0.219. The van der Waals surface area contributed by atoms with Gasteiger partial charge < -0.3 is 4.90 Å². The van der Waals surface area contributed by atoms with Crippen molar-refractivity contribution >= 4 is 5.91 Å². The second kappa shape index (κ2) is 6.04. The molecule has 1 amide bonds. The van der Waals surface area contributed by atoms with E-state index in [2.05, 4.69) is 11.8 Å². The predicted molar refractivity (Wildman–Crippen MR) is 67.4 cm³/mol. The van der Waals surface area contributed by atoms with Gasteiger partial charge >= 0.3 is 0 Å². The molecule has 1 aliphatic heterocycles. The van der Waals surface area contributed by atoms with Crippen molar-refractivity contribution in [2.24, 2.45) is 0 Å². The molecule has 1 fully saturated rings. The fourth-order valence-corrected chi connectivity index (χ4v) is 1.94. The molecule has 0 atom stereocenters. The normalized spacial score (nSPS) is 17.4. The molecule has 16 heavy (non-hydrogen) atoms. The maximum atomic E-state index is 12.1. The van der Waals surface area contributed by atoms with Crippen molar-refractivity contribution < 1.29 is 4.79 Å². The Morgan fingerprint density at radius 3 is 2.06 bits per heavy atom. The van der Waals surface area contributed by atoms with Gasteiger partial charge in [-0.3, -0.25) is 9.69 Å². The highest BCUT2D eigenvalue weighted by Crippen LogP contribution is 2.10. The van der Waals surface area contributed by atoms with E-state index in [0.717, 1.165) is 43.9 Å². The van der Waals surface area contributed by atoms with Gasteiger partial charge in [0.05, 0.1) is 0 Å². The third-order valence-corrected chi connectivity index (χ3v) is 3.27. The highest BCUT2D eigenvalue weighted by atomic mass is 16.2. The SMILES string of the molecule is CCCN1CCN(C(=O)C(C)=C(C)C)CC1. The lowest BCUT2D eigenvalue weighted by atomic mass is 10.1. The summed E-state index contributed by atoms with van der Waals surface area (Å²) in [6.07, 6.45) is 1.20. The lowest BCUT2D eigenvalue weighted by molar-refractivity contribution is -0.128. The molecule has 0 bridgehead atoms. The Bertz CT molecular complexity index is 272. The van der Waals surface area contributed by atoms with Gasteiger partial charge in [0.25, 0.3) is 0 Å². The molecule has 0 N–H and O–H groups in total. The van der Waals surface area contributed by atoms with E-state index in [1.54, 1.807) is 0 Å². The number of allylic oxidation sites excluding steroid dienone is 1. The predicted octanol–water partition coefficient (Wildman–Crippen LogP) is 1.90. The summed E-state index contributed by atoms with van der Waals surface area (Å²) < 4.78 is 0. The monoisotopic (exact) mass is 224 g/mol. The summed E-state index contributed by atoms with van der Waals surface area (Å²) in [4.78, 5) is 16.5. The zero-order chi connectivity index (χ0) is 12.1. The first-order chi connectivity index (χ1) is 7.56. The number of hydrogen-bond donors (Lipinski definition) is 0. The topological polar surface area (TPSA) is 23.6 Å². The maximum Gasteiger partial charge on any atom is 0.249 e. The fraction of sp³-hybridized carbons (Fsp3) is 0.769. The number of hydrogen-bond acceptors (Lipinski definition) is 2. The largest absolute Gasteiger partial charge is 0.336 e. The molecule has 1 aliphatic rings. The van der Waals surface area contributed by atoms with Crippen molar-refractivity contribution in [2.45, 2.75) is 34.1 Å². The standard InChI is InChI=1S/C13H24N2O/c1-5-6-14-7-9-15(10-8-14)13(16)12(4)11(2)3/h5-10H2,1-4H3. The Kier molecular flexibility index (Phi) is 5.00. The van der Waals surface area contributed by atoms with Crippen LogP contribution in [0.1, 0.15) is 34.1 Å². The third kappa shape index (κ3) is 3.34. The first-order valence-electron chi connectivity index (χ1n) is 6.22. The van der Waals surface area contributed by atoms with Gasteiger partial charge in [-0.1, -0.05) is 12.5 Å². The van der Waals surface area contributed by atoms with Gasteiger partial charge in [-0.05, 0) is 33.7 Å². The minimum Gasteiger partial charge on any atom is -0.336 e. The molecular weight excluding hydrogens is 200 g/mol. The Balaban J connectivity index is 2.48. The Morgan fingerprint density at radius 1 is 1.06 bits per heavy atom. The van der Waals surface area contributed by atoms with Crippen LogP contribution in [0.2, 0.25) is 0 Å². The number of nitrogens with zero attached hydrogens (tertiary/aromatic N) is 2. The lowest BCUT2D eigenvalue weighted by Gasteiger charge is -2.34. The molecule has 0 aromatic heterocycles. The van der Waals surface area contributed by atoms with Gasteiger partial charge in [0.2, 0.25) is 5.91 Å². The molecule has 3 heteroatoms. The van der Waals surface area contributed by atoms with E-state index in [1.165, 1.54) is 6.42 Å². The molecule has 0 unspecified atom stereocenters. The summed E-state index contributed by atoms with van der Waals surface area (Å²) in [6, 6.07) is 0. The van der Waals surface area contributed by atoms with E-state index in [-0.39, 0.29) is 5.91 Å². The summed E-state index contributed by atoms with van der Waals surface area (Å²) in [7, 11) is 0. The van der Waals surface area contributed by atoms with E-state index in [0.29, 0.717) is 0 Å². The quantitative estimate of drug-likeness (QED) is 0.684. The Hall–Kier alpha value is -0.830. The van der Waals surface area contributed by atoms with Crippen LogP contribution in [-0.4, -0.2) is 48.4 Å². The zero-order valence-electron chi connectivity index (χ0n) is 11.0. The van der Waals surface area contributed by atoms with Crippen molar-refractivity contribution in [1.29, 1.82) is 0 Å². The molecule has 0 saturated carbocycles. The number of amides is 1.